The summed E-state index contributed by atoms with van der Waals surface area (Å²) in [6, 6.07) is 61.2. The Morgan fingerprint density at radius 3 is 1.75 bits per heavy atom. The number of aromatic nitrogens is 3. The van der Waals surface area contributed by atoms with Crippen LogP contribution < -0.4 is 0 Å². The molecule has 0 saturated heterocycles. The molecule has 10 rings (SSSR count). The van der Waals surface area contributed by atoms with Gasteiger partial charge in [-0.3, -0.25) is 0 Å². The number of furan rings is 1. The summed E-state index contributed by atoms with van der Waals surface area (Å²) in [4.78, 5) is 15.6. The van der Waals surface area contributed by atoms with Gasteiger partial charge >= 0.3 is 0 Å². The number of para-hydroxylation sites is 1. The molecule has 51 heavy (non-hydrogen) atoms. The molecule has 0 atom stereocenters. The molecular formula is C47H29N3O. The molecule has 2 heterocycles. The summed E-state index contributed by atoms with van der Waals surface area (Å²) in [5.41, 5.74) is 8.87. The van der Waals surface area contributed by atoms with Gasteiger partial charge in [0.05, 0.1) is 0 Å². The zero-order chi connectivity index (χ0) is 33.7. The first kappa shape index (κ1) is 29.0. The van der Waals surface area contributed by atoms with Crippen LogP contribution in [0.2, 0.25) is 0 Å². The second kappa shape index (κ2) is 11.9. The SMILES string of the molecule is c1ccc(-c2cccc(-c3nc(-c4ccc5c(c4)oc4ccccc45)nc(-c4cc(-c5ccc6ccccc6c5)cc5ccccc45)n3)c2)cc1. The molecule has 238 valence electrons. The molecular weight excluding hydrogens is 623 g/mol. The highest BCUT2D eigenvalue weighted by molar-refractivity contribution is 6.06. The van der Waals surface area contributed by atoms with E-state index in [1.165, 1.54) is 10.8 Å². The predicted octanol–water partition coefficient (Wildman–Crippen LogP) is 12.4. The summed E-state index contributed by atoms with van der Waals surface area (Å²) < 4.78 is 6.29. The average molecular weight is 652 g/mol. The van der Waals surface area contributed by atoms with Crippen LogP contribution in [-0.4, -0.2) is 15.0 Å². The molecule has 0 amide bonds. The summed E-state index contributed by atoms with van der Waals surface area (Å²) in [6.07, 6.45) is 0. The second-order valence-corrected chi connectivity index (χ2v) is 12.9. The van der Waals surface area contributed by atoms with Gasteiger partial charge in [0, 0.05) is 27.5 Å². The minimum atomic E-state index is 0.586. The van der Waals surface area contributed by atoms with Crippen molar-refractivity contribution in [2.45, 2.75) is 0 Å². The lowest BCUT2D eigenvalue weighted by atomic mass is 9.95. The summed E-state index contributed by atoms with van der Waals surface area (Å²) in [6.45, 7) is 0. The number of hydrogen-bond donors (Lipinski definition) is 0. The first-order valence-corrected chi connectivity index (χ1v) is 17.1. The highest BCUT2D eigenvalue weighted by Gasteiger charge is 2.18. The monoisotopic (exact) mass is 651 g/mol. The minimum Gasteiger partial charge on any atom is -0.456 e. The Morgan fingerprint density at radius 1 is 0.294 bits per heavy atom. The molecule has 0 saturated carbocycles. The van der Waals surface area contributed by atoms with Gasteiger partial charge in [0.25, 0.3) is 0 Å². The fourth-order valence-corrected chi connectivity index (χ4v) is 7.12. The van der Waals surface area contributed by atoms with E-state index >= 15 is 0 Å². The van der Waals surface area contributed by atoms with Crippen LogP contribution in [0.15, 0.2) is 180 Å². The lowest BCUT2D eigenvalue weighted by molar-refractivity contribution is 0.669. The number of fused-ring (bicyclic) bond motifs is 5. The molecule has 0 fully saturated rings. The van der Waals surface area contributed by atoms with Gasteiger partial charge in [0.2, 0.25) is 0 Å². The summed E-state index contributed by atoms with van der Waals surface area (Å²) in [7, 11) is 0. The first-order chi connectivity index (χ1) is 25.2. The predicted molar refractivity (Wildman–Crippen MR) is 209 cm³/mol. The average Bonchev–Trinajstić information content (AvgIpc) is 3.58. The molecule has 0 aliphatic heterocycles. The van der Waals surface area contributed by atoms with Gasteiger partial charge in [0.15, 0.2) is 17.5 Å². The van der Waals surface area contributed by atoms with Crippen LogP contribution in [0.4, 0.5) is 0 Å². The number of rotatable bonds is 5. The van der Waals surface area contributed by atoms with Crippen LogP contribution in [0.25, 0.3) is 99.9 Å². The van der Waals surface area contributed by atoms with Gasteiger partial charge in [-0.25, -0.2) is 15.0 Å². The van der Waals surface area contributed by atoms with Crippen LogP contribution in [0.1, 0.15) is 0 Å². The Morgan fingerprint density at radius 2 is 0.882 bits per heavy atom. The van der Waals surface area contributed by atoms with Crippen LogP contribution >= 0.6 is 0 Å². The van der Waals surface area contributed by atoms with E-state index < -0.39 is 0 Å². The molecule has 2 aromatic heterocycles. The summed E-state index contributed by atoms with van der Waals surface area (Å²) in [5.74, 6) is 1.81. The van der Waals surface area contributed by atoms with Crippen molar-refractivity contribution in [3.05, 3.63) is 176 Å². The molecule has 0 N–H and O–H groups in total. The Bertz CT molecular complexity index is 2930. The fraction of sp³-hybridized carbons (Fsp3) is 0. The van der Waals surface area contributed by atoms with E-state index in [0.29, 0.717) is 17.5 Å². The zero-order valence-electron chi connectivity index (χ0n) is 27.5. The van der Waals surface area contributed by atoms with Crippen molar-refractivity contribution >= 4 is 43.5 Å². The van der Waals surface area contributed by atoms with Gasteiger partial charge in [-0.15, -0.1) is 0 Å². The third kappa shape index (κ3) is 5.22. The van der Waals surface area contributed by atoms with Crippen LogP contribution in [-0.2, 0) is 0 Å². The van der Waals surface area contributed by atoms with Crippen molar-refractivity contribution in [2.75, 3.05) is 0 Å². The van der Waals surface area contributed by atoms with Gasteiger partial charge in [-0.1, -0.05) is 133 Å². The molecule has 0 bridgehead atoms. The lowest BCUT2D eigenvalue weighted by Gasteiger charge is -2.13. The smallest absolute Gasteiger partial charge is 0.164 e. The normalized spacial score (nSPS) is 11.5. The third-order valence-electron chi connectivity index (χ3n) is 9.69. The molecule has 10 aromatic rings. The molecule has 0 spiro atoms. The molecule has 8 aromatic carbocycles. The van der Waals surface area contributed by atoms with E-state index in [1.54, 1.807) is 0 Å². The van der Waals surface area contributed by atoms with Crippen molar-refractivity contribution in [1.82, 2.24) is 15.0 Å². The van der Waals surface area contributed by atoms with Crippen LogP contribution in [0, 0.1) is 0 Å². The van der Waals surface area contributed by atoms with E-state index in [9.17, 15) is 0 Å². The van der Waals surface area contributed by atoms with E-state index in [4.69, 9.17) is 19.4 Å². The lowest BCUT2D eigenvalue weighted by Crippen LogP contribution is -2.01. The molecule has 0 radical (unpaired) electrons. The summed E-state index contributed by atoms with van der Waals surface area (Å²) in [5, 5.41) is 6.77. The van der Waals surface area contributed by atoms with Crippen molar-refractivity contribution in [3.8, 4) is 56.4 Å². The Hall–Kier alpha value is -6.91. The van der Waals surface area contributed by atoms with Gasteiger partial charge in [-0.2, -0.15) is 0 Å². The molecule has 0 aliphatic rings. The van der Waals surface area contributed by atoms with Gasteiger partial charge in [-0.05, 0) is 86.3 Å². The van der Waals surface area contributed by atoms with Crippen molar-refractivity contribution in [2.24, 2.45) is 0 Å². The highest BCUT2D eigenvalue weighted by Crippen LogP contribution is 2.37. The summed E-state index contributed by atoms with van der Waals surface area (Å²) >= 11 is 0. The highest BCUT2D eigenvalue weighted by atomic mass is 16.3. The van der Waals surface area contributed by atoms with Crippen LogP contribution in [0.3, 0.4) is 0 Å². The maximum atomic E-state index is 6.29. The zero-order valence-corrected chi connectivity index (χ0v) is 27.5. The maximum absolute atomic E-state index is 6.29. The fourth-order valence-electron chi connectivity index (χ4n) is 7.12. The quantitative estimate of drug-likeness (QED) is 0.186. The second-order valence-electron chi connectivity index (χ2n) is 12.9. The minimum absolute atomic E-state index is 0.586. The largest absolute Gasteiger partial charge is 0.456 e. The van der Waals surface area contributed by atoms with Crippen molar-refractivity contribution in [3.63, 3.8) is 0 Å². The van der Waals surface area contributed by atoms with E-state index in [1.807, 2.05) is 30.3 Å². The van der Waals surface area contributed by atoms with E-state index in [2.05, 4.69) is 146 Å². The Labute approximate surface area is 294 Å². The van der Waals surface area contributed by atoms with Crippen molar-refractivity contribution < 1.29 is 4.42 Å². The topological polar surface area (TPSA) is 51.8 Å². The molecule has 4 nitrogen and oxygen atoms in total. The standard InChI is InChI=1S/C47H29N3O/c1-2-11-30(12-3-1)33-16-10-17-36(26-33)45-48-46(37-23-24-41-40-19-8-9-20-43(40)51-44(41)29-37)50-47(49-45)42-28-38(27-35-15-6-7-18-39(35)42)34-22-21-31-13-4-5-14-32(31)25-34/h1-29H. The first-order valence-electron chi connectivity index (χ1n) is 17.1. The number of nitrogens with zero attached hydrogens (tertiary/aromatic N) is 3. The van der Waals surface area contributed by atoms with Crippen LogP contribution in [0.5, 0.6) is 0 Å². The van der Waals surface area contributed by atoms with Gasteiger partial charge < -0.3 is 4.42 Å². The van der Waals surface area contributed by atoms with E-state index in [-0.39, 0.29) is 0 Å². The number of hydrogen-bond acceptors (Lipinski definition) is 4. The molecule has 0 unspecified atom stereocenters. The Kier molecular flexibility index (Phi) is 6.78. The van der Waals surface area contributed by atoms with E-state index in [0.717, 1.165) is 71.7 Å². The third-order valence-corrected chi connectivity index (χ3v) is 9.69. The maximum Gasteiger partial charge on any atom is 0.164 e. The molecule has 0 aliphatic carbocycles. The Balaban J connectivity index is 1.20. The van der Waals surface area contributed by atoms with Crippen molar-refractivity contribution in [1.29, 1.82) is 0 Å². The van der Waals surface area contributed by atoms with Gasteiger partial charge in [0.1, 0.15) is 11.2 Å². The molecule has 4 heteroatoms. The number of benzene rings is 8.